The highest BCUT2D eigenvalue weighted by Crippen LogP contribution is 1.99. The van der Waals surface area contributed by atoms with Crippen LogP contribution in [0.1, 0.15) is 54.4 Å². The average Bonchev–Trinajstić information content (AvgIpc) is 2.44. The summed E-state index contributed by atoms with van der Waals surface area (Å²) in [4.78, 5) is 36.0. The molecule has 30 heavy (non-hydrogen) atoms. The van der Waals surface area contributed by atoms with E-state index in [2.05, 4.69) is 45.4 Å². The van der Waals surface area contributed by atoms with Crippen LogP contribution in [-0.2, 0) is 23.3 Å². The highest BCUT2D eigenvalue weighted by Gasteiger charge is 2.10. The van der Waals surface area contributed by atoms with Crippen LogP contribution in [0.25, 0.3) is 0 Å². The molecule has 0 atom stereocenters. The first-order valence-corrected chi connectivity index (χ1v) is 14.9. The molecule has 12 heteroatoms. The number of aliphatic carboxylic acids is 4. The van der Waals surface area contributed by atoms with Crippen LogP contribution >= 0.6 is 0 Å². The molecule has 0 spiro atoms. The van der Waals surface area contributed by atoms with Gasteiger partial charge in [0, 0.05) is 27.7 Å². The van der Waals surface area contributed by atoms with Crippen molar-refractivity contribution in [2.24, 2.45) is 0 Å². The smallest absolute Gasteiger partial charge is 0.300 e. The lowest BCUT2D eigenvalue weighted by molar-refractivity contribution is -0.135. The summed E-state index contributed by atoms with van der Waals surface area (Å²) in [6, 6.07) is 0. The third-order valence-corrected chi connectivity index (χ3v) is 6.05. The third kappa shape index (κ3) is 430. The minimum atomic E-state index is -1.10. The Labute approximate surface area is 185 Å². The predicted octanol–water partition coefficient (Wildman–Crippen LogP) is 2.73. The summed E-state index contributed by atoms with van der Waals surface area (Å²) in [5.41, 5.74) is 0. The zero-order valence-corrected chi connectivity index (χ0v) is 22.8. The van der Waals surface area contributed by atoms with Crippen LogP contribution in [0, 0.1) is 0 Å². The van der Waals surface area contributed by atoms with E-state index in [1.165, 1.54) is 25.9 Å². The van der Waals surface area contributed by atoms with E-state index < -0.39 is 32.2 Å². The Morgan fingerprint density at radius 1 is 0.733 bits per heavy atom. The molecule has 0 aliphatic carbocycles. The van der Waals surface area contributed by atoms with Gasteiger partial charge in [0.15, 0.2) is 8.32 Å². The van der Waals surface area contributed by atoms with Crippen molar-refractivity contribution in [3.63, 3.8) is 0 Å². The van der Waals surface area contributed by atoms with Crippen molar-refractivity contribution < 1.29 is 43.7 Å². The van der Waals surface area contributed by atoms with Gasteiger partial charge in [-0.2, -0.15) is 0 Å². The van der Waals surface area contributed by atoms with Gasteiger partial charge in [-0.15, -0.1) is 0 Å². The molecule has 0 saturated heterocycles. The maximum atomic E-state index is 9.00. The van der Waals surface area contributed by atoms with E-state index in [-0.39, 0.29) is 9.76 Å². The van der Waals surface area contributed by atoms with E-state index in [4.69, 9.17) is 43.7 Å². The molecule has 0 aromatic rings. The van der Waals surface area contributed by atoms with Gasteiger partial charge in [-0.3, -0.25) is 19.2 Å². The lowest BCUT2D eigenvalue weighted by Gasteiger charge is -2.14. The van der Waals surface area contributed by atoms with E-state index in [9.17, 15) is 0 Å². The van der Waals surface area contributed by atoms with Gasteiger partial charge in [0.05, 0.1) is 0 Å². The van der Waals surface area contributed by atoms with Crippen molar-refractivity contribution in [3.8, 4) is 0 Å². The van der Waals surface area contributed by atoms with E-state index >= 15 is 0 Å². The SMILES string of the molecule is CC(=O)O.CC(=O)O.CC(=O)O.CC(=O)O.CCCNCCC.C[SiH2]O[Si](C)(C)C. The summed E-state index contributed by atoms with van der Waals surface area (Å²) in [6.07, 6.45) is 2.50. The standard InChI is InChI=1S/C6H15N.C4H14OSi2.4C2H4O2/c1-3-5-7-6-4-2;1-6-5-7(2,3)4;4*1-2(3)4/h7H,3-6H2,1-2H3;6H2,1-4H3;4*1H3,(H,3,4). The molecular formula is C18H45NO9Si2. The molecule has 0 rings (SSSR count). The van der Waals surface area contributed by atoms with E-state index in [1.807, 2.05) is 0 Å². The summed E-state index contributed by atoms with van der Waals surface area (Å²) in [5.74, 6) is -3.33. The van der Waals surface area contributed by atoms with Crippen molar-refractivity contribution >= 4 is 42.0 Å². The topological polar surface area (TPSA) is 170 Å². The number of carbonyl (C=O) groups is 4. The van der Waals surface area contributed by atoms with Gasteiger partial charge in [0.2, 0.25) is 0 Å². The molecule has 0 aliphatic rings. The van der Waals surface area contributed by atoms with Crippen molar-refractivity contribution in [2.75, 3.05) is 13.1 Å². The molecule has 0 heterocycles. The molecule has 0 fully saturated rings. The Kier molecular flexibility index (Phi) is 49.0. The third-order valence-electron chi connectivity index (χ3n) is 1.43. The predicted molar refractivity (Wildman–Crippen MR) is 126 cm³/mol. The van der Waals surface area contributed by atoms with Crippen LogP contribution in [0.3, 0.4) is 0 Å². The quantitative estimate of drug-likeness (QED) is 0.284. The van der Waals surface area contributed by atoms with Crippen LogP contribution in [0.5, 0.6) is 0 Å². The monoisotopic (exact) mass is 475 g/mol. The second kappa shape index (κ2) is 34.7. The second-order valence-corrected chi connectivity index (χ2v) is 12.3. The fourth-order valence-electron chi connectivity index (χ4n) is 0.912. The van der Waals surface area contributed by atoms with Crippen molar-refractivity contribution in [1.82, 2.24) is 5.32 Å². The van der Waals surface area contributed by atoms with Crippen LogP contribution in [0.2, 0.25) is 26.2 Å². The maximum absolute atomic E-state index is 9.00. The molecule has 0 amide bonds. The number of hydrogen-bond acceptors (Lipinski definition) is 6. The Morgan fingerprint density at radius 2 is 0.933 bits per heavy atom. The van der Waals surface area contributed by atoms with Crippen molar-refractivity contribution in [2.45, 2.75) is 80.6 Å². The lowest BCUT2D eigenvalue weighted by Crippen LogP contribution is -2.26. The highest BCUT2D eigenvalue weighted by atomic mass is 28.4. The van der Waals surface area contributed by atoms with Gasteiger partial charge in [-0.05, 0) is 45.6 Å². The minimum Gasteiger partial charge on any atom is -0.481 e. The first-order chi connectivity index (χ1) is 13.4. The largest absolute Gasteiger partial charge is 0.481 e. The molecule has 0 saturated carbocycles. The van der Waals surface area contributed by atoms with Gasteiger partial charge >= 0.3 is 0 Å². The summed E-state index contributed by atoms with van der Waals surface area (Å²) in [5, 5.41) is 33.0. The molecule has 0 unspecified atom stereocenters. The molecule has 0 radical (unpaired) electrons. The molecule has 0 aliphatic heterocycles. The first-order valence-electron chi connectivity index (χ1n) is 9.53. The Hall–Kier alpha value is -1.77. The molecule has 10 nitrogen and oxygen atoms in total. The van der Waals surface area contributed by atoms with Gasteiger partial charge < -0.3 is 29.9 Å². The normalized spacial score (nSPS) is 8.73. The summed E-state index contributed by atoms with van der Waals surface area (Å²) in [7, 11) is -1.22. The molecular weight excluding hydrogens is 430 g/mol. The molecule has 0 aromatic carbocycles. The maximum Gasteiger partial charge on any atom is 0.300 e. The van der Waals surface area contributed by atoms with E-state index in [0.29, 0.717) is 0 Å². The Bertz CT molecular complexity index is 334. The molecule has 0 aromatic heterocycles. The summed E-state index contributed by atoms with van der Waals surface area (Å²) < 4.78 is 5.51. The minimum absolute atomic E-state index is 0.128. The molecule has 184 valence electrons. The van der Waals surface area contributed by atoms with Gasteiger partial charge in [-0.1, -0.05) is 20.4 Å². The average molecular weight is 476 g/mol. The summed E-state index contributed by atoms with van der Waals surface area (Å²) >= 11 is 0. The van der Waals surface area contributed by atoms with E-state index in [0.717, 1.165) is 27.7 Å². The zero-order chi connectivity index (χ0) is 25.8. The summed E-state index contributed by atoms with van der Waals surface area (Å²) in [6.45, 7) is 19.9. The van der Waals surface area contributed by atoms with Crippen LogP contribution < -0.4 is 5.32 Å². The Morgan fingerprint density at radius 3 is 1.00 bits per heavy atom. The molecule has 5 N–H and O–H groups in total. The second-order valence-electron chi connectivity index (χ2n) is 6.37. The Balaban J connectivity index is -0.0000000590. The lowest BCUT2D eigenvalue weighted by atomic mass is 10.4. The zero-order valence-electron chi connectivity index (χ0n) is 20.4. The fraction of sp³-hybridized carbons (Fsp3) is 0.778. The number of nitrogens with one attached hydrogen (secondary N) is 1. The number of carboxylic acids is 4. The fourth-order valence-corrected chi connectivity index (χ4v) is 4.38. The van der Waals surface area contributed by atoms with E-state index in [1.54, 1.807) is 0 Å². The highest BCUT2D eigenvalue weighted by molar-refractivity contribution is 6.73. The number of hydrogen-bond donors (Lipinski definition) is 5. The number of carboxylic acid groups (broad SMARTS) is 4. The first kappa shape index (κ1) is 42.4. The van der Waals surface area contributed by atoms with Gasteiger partial charge in [-0.25, -0.2) is 0 Å². The number of rotatable bonds is 6. The van der Waals surface area contributed by atoms with Crippen molar-refractivity contribution in [1.29, 1.82) is 0 Å². The van der Waals surface area contributed by atoms with Crippen LogP contribution in [-0.4, -0.2) is 75.5 Å². The van der Waals surface area contributed by atoms with Crippen molar-refractivity contribution in [3.05, 3.63) is 0 Å². The molecule has 0 bridgehead atoms. The van der Waals surface area contributed by atoms with Gasteiger partial charge in [0.1, 0.15) is 9.76 Å². The van der Waals surface area contributed by atoms with Crippen LogP contribution in [0.15, 0.2) is 0 Å². The van der Waals surface area contributed by atoms with Crippen LogP contribution in [0.4, 0.5) is 0 Å². The van der Waals surface area contributed by atoms with Gasteiger partial charge in [0.25, 0.3) is 23.9 Å².